The molecular weight excluding hydrogens is 424 g/mol. The van der Waals surface area contributed by atoms with Gasteiger partial charge in [-0.25, -0.2) is 9.50 Å². The van der Waals surface area contributed by atoms with Crippen molar-refractivity contribution in [2.45, 2.75) is 77.6 Å². The Labute approximate surface area is 188 Å². The van der Waals surface area contributed by atoms with Gasteiger partial charge in [-0.1, -0.05) is 39.5 Å². The van der Waals surface area contributed by atoms with E-state index < -0.39 is 17.0 Å². The highest BCUT2D eigenvalue weighted by Crippen LogP contribution is 2.32. The highest BCUT2D eigenvalue weighted by atomic mass is 35.5. The fourth-order valence-corrected chi connectivity index (χ4v) is 3.74. The van der Waals surface area contributed by atoms with E-state index >= 15 is 0 Å². The van der Waals surface area contributed by atoms with E-state index in [0.29, 0.717) is 5.69 Å². The Bertz CT molecular complexity index is 842. The average molecular weight is 458 g/mol. The van der Waals surface area contributed by atoms with Crippen LogP contribution in [-0.4, -0.2) is 51.1 Å². The molecule has 174 valence electrons. The van der Waals surface area contributed by atoms with Crippen molar-refractivity contribution in [1.29, 1.82) is 0 Å². The van der Waals surface area contributed by atoms with Gasteiger partial charge in [0.05, 0.1) is 0 Å². The van der Waals surface area contributed by atoms with Crippen molar-refractivity contribution >= 4 is 23.2 Å². The maximum absolute atomic E-state index is 13.8. The second kappa shape index (κ2) is 11.7. The fourth-order valence-electron chi connectivity index (χ4n) is 3.61. The number of alkyl halides is 3. The molecule has 0 aliphatic heterocycles. The molecule has 2 aromatic rings. The Morgan fingerprint density at radius 2 is 1.81 bits per heavy atom. The summed E-state index contributed by atoms with van der Waals surface area (Å²) in [6.07, 6.45) is 6.98. The van der Waals surface area contributed by atoms with Gasteiger partial charge < -0.3 is 10.2 Å². The summed E-state index contributed by atoms with van der Waals surface area (Å²) in [4.78, 5) is 19.3. The van der Waals surface area contributed by atoms with Gasteiger partial charge in [-0.05, 0) is 57.4 Å². The summed E-state index contributed by atoms with van der Waals surface area (Å²) in [5, 5.41) is 3.36. The molecule has 2 rings (SSSR count). The number of rotatable bonds is 13. The third-order valence-electron chi connectivity index (χ3n) is 5.14. The summed E-state index contributed by atoms with van der Waals surface area (Å²) in [5.41, 5.74) is 0.0594. The zero-order valence-corrected chi connectivity index (χ0v) is 19.7. The van der Waals surface area contributed by atoms with E-state index in [-0.39, 0.29) is 17.4 Å². The van der Waals surface area contributed by atoms with E-state index in [1.165, 1.54) is 37.8 Å². The maximum atomic E-state index is 13.8. The zero-order chi connectivity index (χ0) is 23.0. The van der Waals surface area contributed by atoms with Crippen LogP contribution in [0.5, 0.6) is 0 Å². The van der Waals surface area contributed by atoms with Crippen molar-refractivity contribution in [3.8, 4) is 0 Å². The number of unbranched alkanes of at least 4 members (excludes halogenated alkanes) is 4. The summed E-state index contributed by atoms with van der Waals surface area (Å²) in [7, 11) is 0. The second-order valence-electron chi connectivity index (χ2n) is 8.17. The lowest BCUT2D eigenvalue weighted by Crippen LogP contribution is -2.42. The van der Waals surface area contributed by atoms with Gasteiger partial charge in [-0.15, -0.1) is 0 Å². The minimum atomic E-state index is -3.61. The van der Waals surface area contributed by atoms with Crippen LogP contribution in [0, 0.1) is 6.92 Å². The molecular formula is C22H34ClF2N5O. The predicted octanol–water partition coefficient (Wildman–Crippen LogP) is 5.13. The van der Waals surface area contributed by atoms with Crippen LogP contribution < -0.4 is 5.32 Å². The van der Waals surface area contributed by atoms with Gasteiger partial charge in [-0.3, -0.25) is 4.79 Å². The predicted molar refractivity (Wildman–Crippen MR) is 120 cm³/mol. The highest BCUT2D eigenvalue weighted by Gasteiger charge is 2.32. The monoisotopic (exact) mass is 457 g/mol. The van der Waals surface area contributed by atoms with Crippen LogP contribution in [0.1, 0.15) is 81.2 Å². The highest BCUT2D eigenvalue weighted by molar-refractivity contribution is 6.21. The average Bonchev–Trinajstić information content (AvgIpc) is 3.10. The molecule has 31 heavy (non-hydrogen) atoms. The molecule has 0 saturated heterocycles. The molecule has 1 N–H and O–H groups in total. The normalized spacial score (nSPS) is 13.2. The van der Waals surface area contributed by atoms with Crippen LogP contribution in [0.15, 0.2) is 12.1 Å². The van der Waals surface area contributed by atoms with Crippen LogP contribution in [0.3, 0.4) is 0 Å². The topological polar surface area (TPSA) is 62.5 Å². The van der Waals surface area contributed by atoms with Gasteiger partial charge >= 0.3 is 5.38 Å². The molecule has 0 aromatic carbocycles. The number of aryl methyl sites for hydroxylation is 1. The Hall–Kier alpha value is -1.80. The third-order valence-corrected chi connectivity index (χ3v) is 5.34. The lowest BCUT2D eigenvalue weighted by atomic mass is 10.2. The lowest BCUT2D eigenvalue weighted by Gasteiger charge is -2.26. The molecule has 0 aliphatic rings. The molecule has 9 heteroatoms. The first-order valence-corrected chi connectivity index (χ1v) is 11.5. The van der Waals surface area contributed by atoms with Crippen LogP contribution >= 0.6 is 11.6 Å². The number of hydrogen-bond donors (Lipinski definition) is 1. The smallest absolute Gasteiger partial charge is 0.347 e. The fraction of sp³-hybridized carbons (Fsp3) is 0.682. The Morgan fingerprint density at radius 1 is 1.19 bits per heavy atom. The van der Waals surface area contributed by atoms with Crippen molar-refractivity contribution in [2.75, 3.05) is 19.6 Å². The number of fused-ring (bicyclic) bond motifs is 1. The van der Waals surface area contributed by atoms with E-state index in [0.717, 1.165) is 37.0 Å². The van der Waals surface area contributed by atoms with E-state index in [4.69, 9.17) is 11.6 Å². The quantitative estimate of drug-likeness (QED) is 0.334. The Kier molecular flexibility index (Phi) is 9.62. The van der Waals surface area contributed by atoms with Gasteiger partial charge in [0.2, 0.25) is 0 Å². The first-order chi connectivity index (χ1) is 14.7. The third kappa shape index (κ3) is 7.68. The molecule has 0 bridgehead atoms. The van der Waals surface area contributed by atoms with E-state index in [2.05, 4.69) is 34.1 Å². The molecule has 0 saturated carbocycles. The minimum absolute atomic E-state index is 0.0376. The molecule has 0 aliphatic carbocycles. The summed E-state index contributed by atoms with van der Waals surface area (Å²) in [5.74, 6) is -0.415. The molecule has 2 aromatic heterocycles. The molecule has 2 heterocycles. The zero-order valence-electron chi connectivity index (χ0n) is 18.9. The van der Waals surface area contributed by atoms with Crippen molar-refractivity contribution in [2.24, 2.45) is 0 Å². The van der Waals surface area contributed by atoms with E-state index in [1.54, 1.807) is 6.92 Å². The van der Waals surface area contributed by atoms with Crippen LogP contribution in [0.4, 0.5) is 8.78 Å². The minimum Gasteiger partial charge on any atom is -0.347 e. The van der Waals surface area contributed by atoms with Crippen LogP contribution in [0.25, 0.3) is 5.65 Å². The summed E-state index contributed by atoms with van der Waals surface area (Å²) in [6, 6.07) is 2.47. The Balaban J connectivity index is 2.07. The summed E-state index contributed by atoms with van der Waals surface area (Å²) in [6.45, 7) is 10.6. The van der Waals surface area contributed by atoms with E-state index in [1.807, 2.05) is 6.92 Å². The largest absolute Gasteiger partial charge is 0.364 e. The van der Waals surface area contributed by atoms with E-state index in [9.17, 15) is 13.6 Å². The Morgan fingerprint density at radius 3 is 2.35 bits per heavy atom. The second-order valence-corrected chi connectivity index (χ2v) is 8.64. The van der Waals surface area contributed by atoms with Crippen molar-refractivity contribution in [3.63, 3.8) is 0 Å². The number of aromatic nitrogens is 3. The number of hydrogen-bond acceptors (Lipinski definition) is 4. The standard InChI is InChI=1S/C22H34ClF2N5O/c1-5-7-9-11-29(12-10-8-6-2)15-17(4)27-21(31)18-14-20-26-16(3)13-19(22(23,24)25)30(20)28-18/h13-14,17H,5-12,15H2,1-4H3,(H,27,31). The molecule has 0 spiro atoms. The van der Waals surface area contributed by atoms with Gasteiger partial charge in [0.15, 0.2) is 11.3 Å². The van der Waals surface area contributed by atoms with Gasteiger partial charge in [0.25, 0.3) is 5.91 Å². The first kappa shape index (κ1) is 25.5. The van der Waals surface area contributed by atoms with Gasteiger partial charge in [-0.2, -0.15) is 13.9 Å². The first-order valence-electron chi connectivity index (χ1n) is 11.1. The number of amides is 1. The molecule has 1 amide bonds. The van der Waals surface area contributed by atoms with Crippen molar-refractivity contribution < 1.29 is 13.6 Å². The SMILES string of the molecule is CCCCCN(CCCCC)CC(C)NC(=O)c1cc2nc(C)cc(C(F)(F)Cl)n2n1. The van der Waals surface area contributed by atoms with Gasteiger partial charge in [0.1, 0.15) is 5.69 Å². The molecule has 0 fully saturated rings. The number of nitrogens with one attached hydrogen (secondary N) is 1. The summed E-state index contributed by atoms with van der Waals surface area (Å²) < 4.78 is 28.4. The van der Waals surface area contributed by atoms with Gasteiger partial charge in [0, 0.05) is 24.3 Å². The number of carbonyl (C=O) groups is 1. The van der Waals surface area contributed by atoms with Crippen LogP contribution in [0.2, 0.25) is 0 Å². The number of nitrogens with zero attached hydrogens (tertiary/aromatic N) is 4. The van der Waals surface area contributed by atoms with Crippen LogP contribution in [-0.2, 0) is 5.38 Å². The number of halogens is 3. The molecule has 6 nitrogen and oxygen atoms in total. The number of carbonyl (C=O) groups excluding carboxylic acids is 1. The van der Waals surface area contributed by atoms with Crippen molar-refractivity contribution in [1.82, 2.24) is 24.8 Å². The van der Waals surface area contributed by atoms with Crippen molar-refractivity contribution in [3.05, 3.63) is 29.2 Å². The molecule has 0 radical (unpaired) electrons. The maximum Gasteiger partial charge on any atom is 0.364 e. The molecule has 1 unspecified atom stereocenters. The summed E-state index contributed by atoms with van der Waals surface area (Å²) >= 11 is 5.22. The molecule has 1 atom stereocenters. The lowest BCUT2D eigenvalue weighted by molar-refractivity contribution is 0.0862.